The molecule has 1 heterocycles. The Balaban J connectivity index is 2.10. The van der Waals surface area contributed by atoms with Crippen molar-refractivity contribution in [2.24, 2.45) is 5.92 Å². The molecule has 0 aromatic carbocycles. The topological polar surface area (TPSA) is 40.7 Å². The van der Waals surface area contributed by atoms with Gasteiger partial charge in [-0.3, -0.25) is 0 Å². The van der Waals surface area contributed by atoms with E-state index in [1.54, 1.807) is 0 Å². The molecule has 3 nitrogen and oxygen atoms in total. The van der Waals surface area contributed by atoms with Crippen molar-refractivity contribution in [2.75, 3.05) is 5.32 Å². The zero-order chi connectivity index (χ0) is 13.0. The highest BCUT2D eigenvalue weighted by atomic mass is 32.1. The van der Waals surface area contributed by atoms with Crippen LogP contribution in [0.25, 0.3) is 0 Å². The minimum atomic E-state index is 0.571. The fraction of sp³-hybridized carbons (Fsp3) is 0.714. The third kappa shape index (κ3) is 3.55. The molecule has 0 bridgehead atoms. The van der Waals surface area contributed by atoms with Crippen molar-refractivity contribution >= 4 is 18.0 Å². The maximum atomic E-state index is 5.23. The van der Waals surface area contributed by atoms with Crippen molar-refractivity contribution in [3.8, 4) is 0 Å². The van der Waals surface area contributed by atoms with Crippen molar-refractivity contribution < 1.29 is 0 Å². The molecule has 0 spiro atoms. The number of H-pyrrole nitrogens is 1. The van der Waals surface area contributed by atoms with Crippen LogP contribution in [0.1, 0.15) is 51.8 Å². The minimum absolute atomic E-state index is 0.571. The first-order chi connectivity index (χ1) is 8.69. The summed E-state index contributed by atoms with van der Waals surface area (Å²) in [7, 11) is 0. The van der Waals surface area contributed by atoms with Crippen molar-refractivity contribution in [1.82, 2.24) is 9.97 Å². The molecule has 0 aliphatic heterocycles. The van der Waals surface area contributed by atoms with Crippen LogP contribution in [0.3, 0.4) is 0 Å². The predicted molar refractivity (Wildman–Crippen MR) is 78.5 cm³/mol. The van der Waals surface area contributed by atoms with Crippen LogP contribution >= 0.6 is 12.2 Å². The van der Waals surface area contributed by atoms with Gasteiger partial charge in [0, 0.05) is 18.5 Å². The molecular weight excluding hydrogens is 242 g/mol. The van der Waals surface area contributed by atoms with Gasteiger partial charge in [-0.15, -0.1) is 0 Å². The lowest BCUT2D eigenvalue weighted by molar-refractivity contribution is 0.349. The summed E-state index contributed by atoms with van der Waals surface area (Å²) in [6, 6.07) is 2.51. The van der Waals surface area contributed by atoms with Crippen LogP contribution in [0.15, 0.2) is 6.07 Å². The quantitative estimate of drug-likeness (QED) is 0.806. The number of anilines is 1. The Morgan fingerprint density at radius 1 is 1.44 bits per heavy atom. The van der Waals surface area contributed by atoms with Gasteiger partial charge in [-0.1, -0.05) is 38.9 Å². The number of rotatable bonds is 4. The smallest absolute Gasteiger partial charge is 0.131 e. The maximum Gasteiger partial charge on any atom is 0.131 e. The highest BCUT2D eigenvalue weighted by Crippen LogP contribution is 2.26. The van der Waals surface area contributed by atoms with E-state index >= 15 is 0 Å². The zero-order valence-corrected chi connectivity index (χ0v) is 12.1. The van der Waals surface area contributed by atoms with E-state index in [2.05, 4.69) is 29.1 Å². The minimum Gasteiger partial charge on any atom is -0.369 e. The van der Waals surface area contributed by atoms with E-state index in [9.17, 15) is 0 Å². The van der Waals surface area contributed by atoms with Gasteiger partial charge < -0.3 is 10.3 Å². The highest BCUT2D eigenvalue weighted by Gasteiger charge is 2.21. The molecule has 2 atom stereocenters. The average molecular weight is 265 g/mol. The first-order valence-corrected chi connectivity index (χ1v) is 7.46. The molecule has 100 valence electrons. The lowest BCUT2D eigenvalue weighted by atomic mass is 9.86. The summed E-state index contributed by atoms with van der Waals surface area (Å²) in [4.78, 5) is 7.72. The predicted octanol–water partition coefficient (Wildman–Crippen LogP) is 4.08. The van der Waals surface area contributed by atoms with E-state index in [4.69, 9.17) is 12.2 Å². The zero-order valence-electron chi connectivity index (χ0n) is 11.3. The van der Waals surface area contributed by atoms with Crippen molar-refractivity contribution in [2.45, 2.75) is 58.4 Å². The van der Waals surface area contributed by atoms with Gasteiger partial charge in [-0.05, 0) is 25.2 Å². The summed E-state index contributed by atoms with van der Waals surface area (Å²) in [6.45, 7) is 4.49. The lowest BCUT2D eigenvalue weighted by Gasteiger charge is -2.30. The summed E-state index contributed by atoms with van der Waals surface area (Å²) >= 11 is 5.23. The second kappa shape index (κ2) is 6.32. The van der Waals surface area contributed by atoms with Gasteiger partial charge in [0.1, 0.15) is 16.3 Å². The summed E-state index contributed by atoms with van der Waals surface area (Å²) in [6.07, 6.45) is 7.32. The average Bonchev–Trinajstić information content (AvgIpc) is 2.32. The van der Waals surface area contributed by atoms with Crippen LogP contribution in [-0.4, -0.2) is 16.0 Å². The monoisotopic (exact) mass is 265 g/mol. The molecule has 1 aromatic rings. The molecule has 1 fully saturated rings. The fourth-order valence-electron chi connectivity index (χ4n) is 2.67. The Hall–Kier alpha value is -0.900. The molecule has 0 saturated heterocycles. The third-order valence-electron chi connectivity index (χ3n) is 3.73. The molecule has 0 radical (unpaired) electrons. The number of hydrogen-bond acceptors (Lipinski definition) is 3. The standard InChI is InChI=1S/C14H23N3S/c1-3-6-12-16-13(9-14(18)17-12)15-11-8-5-4-7-10(11)2/h9-11H,3-8H2,1-2H3,(H2,15,16,17,18). The van der Waals surface area contributed by atoms with E-state index in [1.807, 2.05) is 6.07 Å². The van der Waals surface area contributed by atoms with E-state index < -0.39 is 0 Å². The van der Waals surface area contributed by atoms with Gasteiger partial charge in [0.05, 0.1) is 0 Å². The first-order valence-electron chi connectivity index (χ1n) is 7.06. The molecule has 18 heavy (non-hydrogen) atoms. The van der Waals surface area contributed by atoms with Crippen molar-refractivity contribution in [3.63, 3.8) is 0 Å². The van der Waals surface area contributed by atoms with E-state index in [1.165, 1.54) is 25.7 Å². The largest absolute Gasteiger partial charge is 0.369 e. The molecule has 1 aliphatic carbocycles. The van der Waals surface area contributed by atoms with Gasteiger partial charge in [0.25, 0.3) is 0 Å². The molecule has 2 N–H and O–H groups in total. The molecule has 1 aromatic heterocycles. The summed E-state index contributed by atoms with van der Waals surface area (Å²) in [5.41, 5.74) is 0. The Kier molecular flexibility index (Phi) is 4.75. The number of aromatic nitrogens is 2. The van der Waals surface area contributed by atoms with Crippen molar-refractivity contribution in [1.29, 1.82) is 0 Å². The summed E-state index contributed by atoms with van der Waals surface area (Å²) < 4.78 is 0.683. The van der Waals surface area contributed by atoms with E-state index in [0.29, 0.717) is 10.7 Å². The van der Waals surface area contributed by atoms with Gasteiger partial charge in [0.15, 0.2) is 0 Å². The second-order valence-corrected chi connectivity index (χ2v) is 5.76. The van der Waals surface area contributed by atoms with Gasteiger partial charge in [0.2, 0.25) is 0 Å². The Bertz CT molecular complexity index is 441. The van der Waals surface area contributed by atoms with Crippen LogP contribution in [0.5, 0.6) is 0 Å². The van der Waals surface area contributed by atoms with Crippen molar-refractivity contribution in [3.05, 3.63) is 16.5 Å². The van der Waals surface area contributed by atoms with Crippen LogP contribution in [0.4, 0.5) is 5.82 Å². The van der Waals surface area contributed by atoms with Crippen LogP contribution < -0.4 is 5.32 Å². The molecule has 1 aliphatic rings. The lowest BCUT2D eigenvalue weighted by Crippen LogP contribution is -2.30. The summed E-state index contributed by atoms with van der Waals surface area (Å²) in [5.74, 6) is 2.77. The van der Waals surface area contributed by atoms with Crippen LogP contribution in [-0.2, 0) is 6.42 Å². The summed E-state index contributed by atoms with van der Waals surface area (Å²) in [5, 5.41) is 3.61. The highest BCUT2D eigenvalue weighted by molar-refractivity contribution is 7.71. The maximum absolute atomic E-state index is 5.23. The molecule has 0 amide bonds. The van der Waals surface area contributed by atoms with Gasteiger partial charge in [-0.2, -0.15) is 0 Å². The van der Waals surface area contributed by atoms with Gasteiger partial charge in [-0.25, -0.2) is 4.98 Å². The number of aromatic amines is 1. The molecular formula is C14H23N3S. The number of nitrogens with one attached hydrogen (secondary N) is 2. The van der Waals surface area contributed by atoms with Crippen LogP contribution in [0.2, 0.25) is 0 Å². The Labute approximate surface area is 114 Å². The van der Waals surface area contributed by atoms with Gasteiger partial charge >= 0.3 is 0 Å². The van der Waals surface area contributed by atoms with Crippen LogP contribution in [0, 0.1) is 10.6 Å². The van der Waals surface area contributed by atoms with E-state index in [0.717, 1.165) is 30.4 Å². The number of nitrogens with zero attached hydrogens (tertiary/aromatic N) is 1. The molecule has 4 heteroatoms. The molecule has 2 rings (SSSR count). The van der Waals surface area contributed by atoms with E-state index in [-0.39, 0.29) is 0 Å². The molecule has 2 unspecified atom stereocenters. The Morgan fingerprint density at radius 2 is 2.22 bits per heavy atom. The number of aryl methyl sites for hydroxylation is 1. The second-order valence-electron chi connectivity index (χ2n) is 5.34. The fourth-order valence-corrected chi connectivity index (χ4v) is 2.90. The Morgan fingerprint density at radius 3 is 2.94 bits per heavy atom. The number of hydrogen-bond donors (Lipinski definition) is 2. The third-order valence-corrected chi connectivity index (χ3v) is 3.94. The SMILES string of the molecule is CCCc1nc(=S)cc(NC2CCCCC2C)[nH]1. The first kappa shape index (κ1) is 13.5. The normalized spacial score (nSPS) is 23.9. The molecule has 1 saturated carbocycles.